The lowest BCUT2D eigenvalue weighted by Gasteiger charge is -2.23. The van der Waals surface area contributed by atoms with Crippen molar-refractivity contribution in [3.05, 3.63) is 29.7 Å². The first-order valence-electron chi connectivity index (χ1n) is 8.90. The molecule has 1 aliphatic heterocycles. The van der Waals surface area contributed by atoms with Crippen molar-refractivity contribution < 1.29 is 9.32 Å². The number of hydrogen-bond acceptors (Lipinski definition) is 5. The van der Waals surface area contributed by atoms with E-state index >= 15 is 0 Å². The van der Waals surface area contributed by atoms with Crippen molar-refractivity contribution in [1.29, 1.82) is 0 Å². The minimum absolute atomic E-state index is 0.0870. The molecule has 1 amide bonds. The molecule has 1 saturated heterocycles. The summed E-state index contributed by atoms with van der Waals surface area (Å²) in [5.74, 6) is 2.14. The van der Waals surface area contributed by atoms with Crippen LogP contribution in [0.1, 0.15) is 67.0 Å². The number of carbonyl (C=O) groups excluding carboxylic acids is 1. The summed E-state index contributed by atoms with van der Waals surface area (Å²) in [6.45, 7) is 3.61. The summed E-state index contributed by atoms with van der Waals surface area (Å²) in [5, 5.41) is 8.29. The fraction of sp³-hybridized carbons (Fsp3) is 0.647. The molecule has 2 aromatic heterocycles. The van der Waals surface area contributed by atoms with Crippen LogP contribution in [0.4, 0.5) is 0 Å². The maximum Gasteiger partial charge on any atom is 0.257 e. The molecule has 7 heteroatoms. The molecule has 128 valence electrons. The predicted octanol–water partition coefficient (Wildman–Crippen LogP) is 2.40. The third-order valence-electron chi connectivity index (χ3n) is 4.95. The van der Waals surface area contributed by atoms with Gasteiger partial charge in [-0.2, -0.15) is 10.1 Å². The minimum Gasteiger partial charge on any atom is -0.339 e. The first-order valence-corrected chi connectivity index (χ1v) is 8.90. The Morgan fingerprint density at radius 2 is 2.25 bits per heavy atom. The quantitative estimate of drug-likeness (QED) is 0.813. The van der Waals surface area contributed by atoms with Crippen molar-refractivity contribution in [1.82, 2.24) is 24.8 Å². The van der Waals surface area contributed by atoms with E-state index in [1.165, 1.54) is 0 Å². The van der Waals surface area contributed by atoms with E-state index in [1.54, 1.807) is 10.9 Å². The highest BCUT2D eigenvalue weighted by molar-refractivity contribution is 5.94. The van der Waals surface area contributed by atoms with Crippen LogP contribution in [0, 0.1) is 0 Å². The van der Waals surface area contributed by atoms with Gasteiger partial charge in [-0.3, -0.25) is 9.48 Å². The molecule has 4 rings (SSSR count). The first kappa shape index (κ1) is 15.4. The largest absolute Gasteiger partial charge is 0.339 e. The second-order valence-electron chi connectivity index (χ2n) is 6.74. The molecule has 24 heavy (non-hydrogen) atoms. The second-order valence-corrected chi connectivity index (χ2v) is 6.74. The SMILES string of the molecule is CCn1cc(C(=O)N2CCCC2CCc2noc(C3CC3)n2)cn1. The lowest BCUT2D eigenvalue weighted by Crippen LogP contribution is -2.35. The van der Waals surface area contributed by atoms with Gasteiger partial charge in [0.15, 0.2) is 5.82 Å². The van der Waals surface area contributed by atoms with Crippen molar-refractivity contribution in [3.63, 3.8) is 0 Å². The van der Waals surface area contributed by atoms with Gasteiger partial charge in [-0.25, -0.2) is 0 Å². The van der Waals surface area contributed by atoms with E-state index in [4.69, 9.17) is 4.52 Å². The van der Waals surface area contributed by atoms with Crippen LogP contribution >= 0.6 is 0 Å². The van der Waals surface area contributed by atoms with Gasteiger partial charge in [0.2, 0.25) is 5.89 Å². The van der Waals surface area contributed by atoms with Gasteiger partial charge in [0, 0.05) is 37.7 Å². The van der Waals surface area contributed by atoms with Gasteiger partial charge < -0.3 is 9.42 Å². The van der Waals surface area contributed by atoms with Crippen molar-refractivity contribution in [2.45, 2.75) is 64.0 Å². The monoisotopic (exact) mass is 329 g/mol. The normalized spacial score (nSPS) is 20.7. The highest BCUT2D eigenvalue weighted by Crippen LogP contribution is 2.38. The van der Waals surface area contributed by atoms with Gasteiger partial charge in [-0.05, 0) is 39.0 Å². The molecule has 1 atom stereocenters. The molecule has 2 aromatic rings. The van der Waals surface area contributed by atoms with E-state index in [9.17, 15) is 4.79 Å². The van der Waals surface area contributed by atoms with Crippen LogP contribution < -0.4 is 0 Å². The Balaban J connectivity index is 1.37. The Morgan fingerprint density at radius 1 is 1.38 bits per heavy atom. The third-order valence-corrected chi connectivity index (χ3v) is 4.95. The number of amides is 1. The number of nitrogens with zero attached hydrogens (tertiary/aromatic N) is 5. The van der Waals surface area contributed by atoms with Gasteiger partial charge in [0.1, 0.15) is 0 Å². The average Bonchev–Trinajstić information content (AvgIpc) is 3.05. The van der Waals surface area contributed by atoms with Crippen molar-refractivity contribution in [3.8, 4) is 0 Å². The van der Waals surface area contributed by atoms with Crippen molar-refractivity contribution >= 4 is 5.91 Å². The summed E-state index contributed by atoms with van der Waals surface area (Å²) < 4.78 is 7.10. The van der Waals surface area contributed by atoms with Crippen LogP contribution in [0.5, 0.6) is 0 Å². The molecule has 7 nitrogen and oxygen atoms in total. The van der Waals surface area contributed by atoms with Gasteiger partial charge in [0.25, 0.3) is 5.91 Å². The lowest BCUT2D eigenvalue weighted by atomic mass is 10.1. The zero-order valence-corrected chi connectivity index (χ0v) is 14.0. The zero-order chi connectivity index (χ0) is 16.5. The molecule has 2 aliphatic rings. The standard InChI is InChI=1S/C17H23N5O2/c1-2-21-11-13(10-18-21)17(23)22-9-3-4-14(22)7-8-15-19-16(24-20-15)12-5-6-12/h10-12,14H,2-9H2,1H3. The molecule has 3 heterocycles. The number of likely N-dealkylation sites (tertiary alicyclic amines) is 1. The number of rotatable bonds is 6. The maximum atomic E-state index is 12.7. The summed E-state index contributed by atoms with van der Waals surface area (Å²) >= 11 is 0. The van der Waals surface area contributed by atoms with Crippen LogP contribution in [0.25, 0.3) is 0 Å². The molecular formula is C17H23N5O2. The Bertz CT molecular complexity index is 718. The van der Waals surface area contributed by atoms with Gasteiger partial charge in [-0.15, -0.1) is 0 Å². The molecular weight excluding hydrogens is 306 g/mol. The smallest absolute Gasteiger partial charge is 0.257 e. The molecule has 0 radical (unpaired) electrons. The summed E-state index contributed by atoms with van der Waals surface area (Å²) in [6, 6.07) is 0.255. The van der Waals surface area contributed by atoms with E-state index in [-0.39, 0.29) is 11.9 Å². The summed E-state index contributed by atoms with van der Waals surface area (Å²) in [7, 11) is 0. The molecule has 0 aromatic carbocycles. The lowest BCUT2D eigenvalue weighted by molar-refractivity contribution is 0.0730. The fourth-order valence-corrected chi connectivity index (χ4v) is 3.38. The second kappa shape index (κ2) is 6.37. The zero-order valence-electron chi connectivity index (χ0n) is 14.0. The molecule has 0 bridgehead atoms. The van der Waals surface area contributed by atoms with E-state index in [0.29, 0.717) is 11.5 Å². The van der Waals surface area contributed by atoms with E-state index in [2.05, 4.69) is 15.2 Å². The van der Waals surface area contributed by atoms with Crippen LogP contribution in [0.15, 0.2) is 16.9 Å². The predicted molar refractivity (Wildman–Crippen MR) is 86.6 cm³/mol. The molecule has 2 fully saturated rings. The summed E-state index contributed by atoms with van der Waals surface area (Å²) in [4.78, 5) is 19.2. The van der Waals surface area contributed by atoms with Gasteiger partial charge in [-0.1, -0.05) is 5.16 Å². The molecule has 0 spiro atoms. The highest BCUT2D eigenvalue weighted by atomic mass is 16.5. The van der Waals surface area contributed by atoms with Crippen LogP contribution in [0.3, 0.4) is 0 Å². The van der Waals surface area contributed by atoms with Crippen LogP contribution in [0.2, 0.25) is 0 Å². The fourth-order valence-electron chi connectivity index (χ4n) is 3.38. The van der Waals surface area contributed by atoms with Gasteiger partial charge >= 0.3 is 0 Å². The number of aryl methyl sites for hydroxylation is 2. The highest BCUT2D eigenvalue weighted by Gasteiger charge is 2.31. The molecule has 0 N–H and O–H groups in total. The average molecular weight is 329 g/mol. The van der Waals surface area contributed by atoms with E-state index in [1.807, 2.05) is 18.0 Å². The molecule has 1 unspecified atom stereocenters. The topological polar surface area (TPSA) is 77.0 Å². The third kappa shape index (κ3) is 3.07. The maximum absolute atomic E-state index is 12.7. The Hall–Kier alpha value is -2.18. The number of aromatic nitrogens is 4. The molecule has 1 aliphatic carbocycles. The summed E-state index contributed by atoms with van der Waals surface area (Å²) in [5.41, 5.74) is 0.680. The first-order chi connectivity index (χ1) is 11.7. The van der Waals surface area contributed by atoms with Crippen molar-refractivity contribution in [2.24, 2.45) is 0 Å². The minimum atomic E-state index is 0.0870. The molecule has 1 saturated carbocycles. The number of hydrogen-bond donors (Lipinski definition) is 0. The van der Waals surface area contributed by atoms with Crippen LogP contribution in [-0.4, -0.2) is 43.3 Å². The van der Waals surface area contributed by atoms with Gasteiger partial charge in [0.05, 0.1) is 11.8 Å². The number of carbonyl (C=O) groups is 1. The Morgan fingerprint density at radius 3 is 3.00 bits per heavy atom. The van der Waals surface area contributed by atoms with E-state index in [0.717, 1.165) is 63.3 Å². The Labute approximate surface area is 141 Å². The van der Waals surface area contributed by atoms with Crippen LogP contribution in [-0.2, 0) is 13.0 Å². The van der Waals surface area contributed by atoms with Crippen molar-refractivity contribution in [2.75, 3.05) is 6.54 Å². The van der Waals surface area contributed by atoms with E-state index < -0.39 is 0 Å². The Kier molecular flexibility index (Phi) is 4.08. The summed E-state index contributed by atoms with van der Waals surface area (Å²) in [6.07, 6.45) is 9.58.